The Balaban J connectivity index is 1.88. The van der Waals surface area contributed by atoms with E-state index in [-0.39, 0.29) is 15.4 Å². The fourth-order valence-corrected chi connectivity index (χ4v) is 5.46. The standard InChI is InChI=1S/C22H28ClIN4O2/c1-5-7-17(22(24)10-11-22)28-18(6-2)25-20-19(28)21(29)26(3)13-27(20)16-9-8-14(30-4)12-15(16)23/h8-9,12,17H,5-7,10-11,13H2,1-4H3. The van der Waals surface area contributed by atoms with E-state index in [9.17, 15) is 4.79 Å². The summed E-state index contributed by atoms with van der Waals surface area (Å²) in [5, 5.41) is 0.577. The van der Waals surface area contributed by atoms with Crippen LogP contribution in [0, 0.1) is 0 Å². The third kappa shape index (κ3) is 3.57. The SMILES string of the molecule is CCCC(n1c(CC)nc2c1C(=O)N(C)CN2c1ccc(OC)cc1Cl)C1(I)CC1. The minimum Gasteiger partial charge on any atom is -0.497 e. The van der Waals surface area contributed by atoms with E-state index < -0.39 is 0 Å². The number of fused-ring (bicyclic) bond motifs is 1. The van der Waals surface area contributed by atoms with E-state index in [1.165, 1.54) is 12.8 Å². The number of methoxy groups -OCH3 is 1. The van der Waals surface area contributed by atoms with Gasteiger partial charge in [0.05, 0.1) is 30.5 Å². The Kier molecular flexibility index (Phi) is 5.96. The van der Waals surface area contributed by atoms with E-state index in [1.54, 1.807) is 18.1 Å². The quantitative estimate of drug-likeness (QED) is 0.338. The van der Waals surface area contributed by atoms with Crippen molar-refractivity contribution >= 4 is 51.6 Å². The number of amides is 1. The highest BCUT2D eigenvalue weighted by Crippen LogP contribution is 2.56. The molecule has 2 aromatic rings. The van der Waals surface area contributed by atoms with Gasteiger partial charge in [0, 0.05) is 23.0 Å². The van der Waals surface area contributed by atoms with Crippen molar-refractivity contribution in [3.63, 3.8) is 0 Å². The minimum absolute atomic E-state index is 0.0276. The average Bonchev–Trinajstić information content (AvgIpc) is 3.36. The molecule has 6 nitrogen and oxygen atoms in total. The van der Waals surface area contributed by atoms with Crippen molar-refractivity contribution in [3.05, 3.63) is 34.7 Å². The van der Waals surface area contributed by atoms with Crippen LogP contribution in [0.2, 0.25) is 5.02 Å². The third-order valence-corrected chi connectivity index (χ3v) is 8.19. The summed E-state index contributed by atoms with van der Waals surface area (Å²) >= 11 is 9.21. The highest BCUT2D eigenvalue weighted by molar-refractivity contribution is 14.1. The van der Waals surface area contributed by atoms with Crippen LogP contribution in [0.25, 0.3) is 0 Å². The number of carbonyl (C=O) groups excluding carboxylic acids is 1. The summed E-state index contributed by atoms with van der Waals surface area (Å²) in [6.07, 6.45) is 5.27. The number of hydrogen-bond acceptors (Lipinski definition) is 4. The van der Waals surface area contributed by atoms with Crippen molar-refractivity contribution in [1.29, 1.82) is 0 Å². The van der Waals surface area contributed by atoms with Gasteiger partial charge in [-0.2, -0.15) is 0 Å². The predicted molar refractivity (Wildman–Crippen MR) is 129 cm³/mol. The van der Waals surface area contributed by atoms with E-state index in [0.29, 0.717) is 29.0 Å². The lowest BCUT2D eigenvalue weighted by Gasteiger charge is -2.36. The fraction of sp³-hybridized carbons (Fsp3) is 0.545. The van der Waals surface area contributed by atoms with Gasteiger partial charge in [0.2, 0.25) is 0 Å². The highest BCUT2D eigenvalue weighted by Gasteiger charge is 2.50. The van der Waals surface area contributed by atoms with E-state index in [2.05, 4.69) is 41.0 Å². The Morgan fingerprint density at radius 3 is 2.63 bits per heavy atom. The maximum absolute atomic E-state index is 13.4. The number of ether oxygens (including phenoxy) is 1. The molecule has 1 aromatic carbocycles. The molecule has 0 bridgehead atoms. The molecule has 1 amide bonds. The zero-order valence-electron chi connectivity index (χ0n) is 17.9. The lowest BCUT2D eigenvalue weighted by atomic mass is 10.1. The number of aromatic nitrogens is 2. The smallest absolute Gasteiger partial charge is 0.275 e. The number of imidazole rings is 1. The lowest BCUT2D eigenvalue weighted by Crippen LogP contribution is -2.44. The van der Waals surface area contributed by atoms with Crippen LogP contribution in [0.3, 0.4) is 0 Å². The molecule has 30 heavy (non-hydrogen) atoms. The first-order valence-electron chi connectivity index (χ1n) is 10.5. The molecule has 8 heteroatoms. The monoisotopic (exact) mass is 542 g/mol. The first-order valence-corrected chi connectivity index (χ1v) is 12.0. The minimum atomic E-state index is 0.0276. The second kappa shape index (κ2) is 8.22. The molecule has 1 atom stereocenters. The molecule has 0 N–H and O–H groups in total. The van der Waals surface area contributed by atoms with Crippen LogP contribution >= 0.6 is 34.2 Å². The number of halogens is 2. The van der Waals surface area contributed by atoms with Gasteiger partial charge in [-0.1, -0.05) is 54.5 Å². The van der Waals surface area contributed by atoms with Crippen molar-refractivity contribution in [2.24, 2.45) is 0 Å². The molecule has 2 aliphatic rings. The molecule has 1 aliphatic heterocycles. The maximum atomic E-state index is 13.4. The molecular weight excluding hydrogens is 515 g/mol. The zero-order valence-corrected chi connectivity index (χ0v) is 20.8. The topological polar surface area (TPSA) is 50.6 Å². The van der Waals surface area contributed by atoms with Crippen molar-refractivity contribution in [1.82, 2.24) is 14.5 Å². The Labute approximate surface area is 196 Å². The Morgan fingerprint density at radius 1 is 1.33 bits per heavy atom. The summed E-state index contributed by atoms with van der Waals surface area (Å²) in [4.78, 5) is 22.1. The van der Waals surface area contributed by atoms with Crippen LogP contribution in [0.5, 0.6) is 5.75 Å². The molecule has 1 aliphatic carbocycles. The van der Waals surface area contributed by atoms with Crippen LogP contribution in [0.4, 0.5) is 11.5 Å². The van der Waals surface area contributed by atoms with Gasteiger partial charge >= 0.3 is 0 Å². The molecule has 0 saturated heterocycles. The summed E-state index contributed by atoms with van der Waals surface area (Å²) in [6, 6.07) is 5.90. The zero-order chi connectivity index (χ0) is 21.6. The second-order valence-electron chi connectivity index (χ2n) is 8.15. The number of nitrogens with zero attached hydrogens (tertiary/aromatic N) is 4. The summed E-state index contributed by atoms with van der Waals surface area (Å²) in [6.45, 7) is 4.73. The number of carbonyl (C=O) groups is 1. The van der Waals surface area contributed by atoms with Gasteiger partial charge in [-0.15, -0.1) is 0 Å². The van der Waals surface area contributed by atoms with Crippen molar-refractivity contribution in [2.75, 3.05) is 25.7 Å². The second-order valence-corrected chi connectivity index (χ2v) is 10.7. The van der Waals surface area contributed by atoms with Crippen LogP contribution in [0.1, 0.15) is 61.9 Å². The molecule has 1 fully saturated rings. The normalized spacial score (nSPS) is 18.4. The predicted octanol–water partition coefficient (Wildman–Crippen LogP) is 5.60. The average molecular weight is 543 g/mol. The highest BCUT2D eigenvalue weighted by atomic mass is 127. The summed E-state index contributed by atoms with van der Waals surface area (Å²) in [5.41, 5.74) is 1.52. The number of rotatable bonds is 7. The summed E-state index contributed by atoms with van der Waals surface area (Å²) in [5.74, 6) is 2.41. The van der Waals surface area contributed by atoms with Crippen LogP contribution in [0.15, 0.2) is 18.2 Å². The van der Waals surface area contributed by atoms with E-state index in [4.69, 9.17) is 21.3 Å². The van der Waals surface area contributed by atoms with Gasteiger partial charge < -0.3 is 19.1 Å². The Bertz CT molecular complexity index is 972. The van der Waals surface area contributed by atoms with Gasteiger partial charge in [0.1, 0.15) is 11.6 Å². The fourth-order valence-electron chi connectivity index (χ4n) is 4.33. The molecule has 1 saturated carbocycles. The molecule has 1 aromatic heterocycles. The molecule has 0 spiro atoms. The number of benzene rings is 1. The molecule has 162 valence electrons. The van der Waals surface area contributed by atoms with Gasteiger partial charge in [-0.3, -0.25) is 4.79 Å². The summed E-state index contributed by atoms with van der Waals surface area (Å²) < 4.78 is 7.76. The third-order valence-electron chi connectivity index (χ3n) is 6.08. The number of hydrogen-bond donors (Lipinski definition) is 0. The van der Waals surface area contributed by atoms with E-state index in [1.807, 2.05) is 24.1 Å². The number of alkyl halides is 1. The van der Waals surface area contributed by atoms with Gasteiger partial charge in [-0.05, 0) is 31.4 Å². The number of aryl methyl sites for hydroxylation is 1. The van der Waals surface area contributed by atoms with E-state index in [0.717, 1.165) is 30.8 Å². The van der Waals surface area contributed by atoms with Gasteiger partial charge in [0.25, 0.3) is 5.91 Å². The first-order chi connectivity index (χ1) is 14.3. The number of anilines is 2. The van der Waals surface area contributed by atoms with Gasteiger partial charge in [0.15, 0.2) is 11.5 Å². The Morgan fingerprint density at radius 2 is 2.07 bits per heavy atom. The van der Waals surface area contributed by atoms with Crippen LogP contribution in [-0.2, 0) is 6.42 Å². The van der Waals surface area contributed by atoms with Crippen LogP contribution < -0.4 is 9.64 Å². The van der Waals surface area contributed by atoms with Gasteiger partial charge in [-0.25, -0.2) is 4.98 Å². The molecule has 4 rings (SSSR count). The molecular formula is C22H28ClIN4O2. The first kappa shape index (κ1) is 21.7. The molecule has 2 heterocycles. The molecule has 1 unspecified atom stereocenters. The lowest BCUT2D eigenvalue weighted by molar-refractivity contribution is 0.0772. The van der Waals surface area contributed by atoms with Crippen LogP contribution in [-0.4, -0.2) is 44.6 Å². The largest absolute Gasteiger partial charge is 0.497 e. The van der Waals surface area contributed by atoms with Crippen molar-refractivity contribution in [3.8, 4) is 5.75 Å². The molecule has 0 radical (unpaired) electrons. The summed E-state index contributed by atoms with van der Waals surface area (Å²) in [7, 11) is 3.46. The van der Waals surface area contributed by atoms with E-state index >= 15 is 0 Å². The van der Waals surface area contributed by atoms with Crippen molar-refractivity contribution in [2.45, 2.75) is 55.4 Å². The Hall–Kier alpha value is -1.48. The van der Waals surface area contributed by atoms with Crippen molar-refractivity contribution < 1.29 is 9.53 Å². The maximum Gasteiger partial charge on any atom is 0.275 e.